The number of aromatic nitrogens is 1. The van der Waals surface area contributed by atoms with Gasteiger partial charge in [-0.3, -0.25) is 4.79 Å². The third-order valence-corrected chi connectivity index (χ3v) is 6.12. The monoisotopic (exact) mass is 379 g/mol. The molecule has 2 aromatic rings. The molecule has 2 heterocycles. The molecule has 0 aliphatic carbocycles. The molecule has 132 valence electrons. The van der Waals surface area contributed by atoms with Crippen LogP contribution < -0.4 is 9.62 Å². The molecule has 2 atom stereocenters. The second-order valence-corrected chi connectivity index (χ2v) is 7.93. The van der Waals surface area contributed by atoms with E-state index in [1.54, 1.807) is 0 Å². The van der Waals surface area contributed by atoms with Crippen LogP contribution in [0.4, 0.5) is 5.69 Å². The molecule has 6 nitrogen and oxygen atoms in total. The van der Waals surface area contributed by atoms with Gasteiger partial charge in [0, 0.05) is 24.5 Å². The average molecular weight is 380 g/mol. The maximum absolute atomic E-state index is 12.5. The Morgan fingerprint density at radius 1 is 1.24 bits per heavy atom. The van der Waals surface area contributed by atoms with Crippen molar-refractivity contribution in [1.29, 1.82) is 0 Å². The second-order valence-electron chi connectivity index (χ2n) is 5.92. The molecule has 8 heteroatoms. The highest BCUT2D eigenvalue weighted by atomic mass is 35.5. The lowest BCUT2D eigenvalue weighted by Gasteiger charge is -2.26. The van der Waals surface area contributed by atoms with E-state index < -0.39 is 21.8 Å². The second kappa shape index (κ2) is 7.01. The molecule has 0 spiro atoms. The fraction of sp³-hybridized carbons (Fsp3) is 0.294. The lowest BCUT2D eigenvalue weighted by atomic mass is 10.0. The standard InChI is InChI=1S/C17H18ClN3O3S/c1-12-14(9-11-21(12)13-6-3-2-4-7-13)16(22)20-25(23,24)17-15(18)8-5-10-19-17/h2-8,10,12,14H,9,11H2,1H3,(H,20,22)/t12-,14-/m1/s1. The first kappa shape index (κ1) is 17.7. The van der Waals surface area contributed by atoms with Crippen molar-refractivity contribution in [1.82, 2.24) is 9.71 Å². The molecule has 1 amide bonds. The van der Waals surface area contributed by atoms with E-state index in [-0.39, 0.29) is 16.1 Å². The molecule has 25 heavy (non-hydrogen) atoms. The summed E-state index contributed by atoms with van der Waals surface area (Å²) in [6, 6.07) is 12.6. The van der Waals surface area contributed by atoms with Gasteiger partial charge < -0.3 is 4.90 Å². The number of benzene rings is 1. The van der Waals surface area contributed by atoms with Crippen molar-refractivity contribution in [3.8, 4) is 0 Å². The minimum Gasteiger partial charge on any atom is -0.368 e. The highest BCUT2D eigenvalue weighted by Crippen LogP contribution is 2.30. The van der Waals surface area contributed by atoms with Crippen LogP contribution in [0.1, 0.15) is 13.3 Å². The van der Waals surface area contributed by atoms with Gasteiger partial charge in [-0.25, -0.2) is 9.71 Å². The fourth-order valence-corrected chi connectivity index (χ4v) is 4.56. The molecular formula is C17H18ClN3O3S. The Morgan fingerprint density at radius 2 is 1.96 bits per heavy atom. The predicted molar refractivity (Wildman–Crippen MR) is 95.9 cm³/mol. The molecule has 0 radical (unpaired) electrons. The Morgan fingerprint density at radius 3 is 2.64 bits per heavy atom. The lowest BCUT2D eigenvalue weighted by Crippen LogP contribution is -2.41. The first-order chi connectivity index (χ1) is 11.9. The summed E-state index contributed by atoms with van der Waals surface area (Å²) in [7, 11) is -4.09. The summed E-state index contributed by atoms with van der Waals surface area (Å²) in [5.41, 5.74) is 1.01. The van der Waals surface area contributed by atoms with E-state index in [1.165, 1.54) is 18.3 Å². The normalized spacial score (nSPS) is 20.5. The van der Waals surface area contributed by atoms with Gasteiger partial charge in [-0.05, 0) is 37.6 Å². The zero-order valence-corrected chi connectivity index (χ0v) is 15.2. The van der Waals surface area contributed by atoms with Crippen molar-refractivity contribution in [2.75, 3.05) is 11.4 Å². The van der Waals surface area contributed by atoms with Crippen LogP contribution in [0.15, 0.2) is 53.7 Å². The average Bonchev–Trinajstić information content (AvgIpc) is 2.97. The van der Waals surface area contributed by atoms with Crippen molar-refractivity contribution in [2.24, 2.45) is 5.92 Å². The van der Waals surface area contributed by atoms with Crippen molar-refractivity contribution in [2.45, 2.75) is 24.4 Å². The van der Waals surface area contributed by atoms with Gasteiger partial charge in [0.05, 0.1) is 10.9 Å². The molecule has 0 saturated carbocycles. The Hall–Kier alpha value is -2.12. The Labute approximate surface area is 151 Å². The molecule has 1 saturated heterocycles. The third kappa shape index (κ3) is 3.62. The number of pyridine rings is 1. The summed E-state index contributed by atoms with van der Waals surface area (Å²) in [5.74, 6) is -0.967. The summed E-state index contributed by atoms with van der Waals surface area (Å²) in [6.07, 6.45) is 1.90. The van der Waals surface area contributed by atoms with Crippen molar-refractivity contribution in [3.63, 3.8) is 0 Å². The molecule has 1 N–H and O–H groups in total. The van der Waals surface area contributed by atoms with Gasteiger partial charge in [-0.2, -0.15) is 8.42 Å². The summed E-state index contributed by atoms with van der Waals surface area (Å²) < 4.78 is 26.9. The fourth-order valence-electron chi connectivity index (χ4n) is 3.10. The Kier molecular flexibility index (Phi) is 4.96. The van der Waals surface area contributed by atoms with Crippen LogP contribution >= 0.6 is 11.6 Å². The highest BCUT2D eigenvalue weighted by Gasteiger charge is 2.37. The summed E-state index contributed by atoms with van der Waals surface area (Å²) >= 11 is 5.88. The number of hydrogen-bond acceptors (Lipinski definition) is 5. The highest BCUT2D eigenvalue weighted by molar-refractivity contribution is 7.90. The van der Waals surface area contributed by atoms with E-state index in [4.69, 9.17) is 11.6 Å². The molecule has 1 fully saturated rings. The Balaban J connectivity index is 1.75. The quantitative estimate of drug-likeness (QED) is 0.882. The number of nitrogens with zero attached hydrogens (tertiary/aromatic N) is 2. The van der Waals surface area contributed by atoms with Gasteiger partial charge in [0.25, 0.3) is 10.0 Å². The van der Waals surface area contributed by atoms with Crippen LogP contribution in [0.5, 0.6) is 0 Å². The number of halogens is 1. The molecule has 1 aliphatic rings. The minimum atomic E-state index is -4.09. The molecule has 0 bridgehead atoms. The maximum atomic E-state index is 12.5. The first-order valence-corrected chi connectivity index (χ1v) is 9.75. The van der Waals surface area contributed by atoms with Crippen LogP contribution in [0, 0.1) is 5.92 Å². The van der Waals surface area contributed by atoms with Gasteiger partial charge in [0.15, 0.2) is 5.03 Å². The van der Waals surface area contributed by atoms with E-state index in [2.05, 4.69) is 14.6 Å². The van der Waals surface area contributed by atoms with Crippen molar-refractivity contribution < 1.29 is 13.2 Å². The summed E-state index contributed by atoms with van der Waals surface area (Å²) in [5, 5.41) is -0.358. The summed E-state index contributed by atoms with van der Waals surface area (Å²) in [6.45, 7) is 2.61. The van der Waals surface area contributed by atoms with Crippen molar-refractivity contribution >= 4 is 33.2 Å². The molecule has 1 aromatic carbocycles. The third-order valence-electron chi connectivity index (χ3n) is 4.39. The number of nitrogens with one attached hydrogen (secondary N) is 1. The van der Waals surface area contributed by atoms with Crippen LogP contribution in [0.25, 0.3) is 0 Å². The predicted octanol–water partition coefficient (Wildman–Crippen LogP) is 2.45. The summed E-state index contributed by atoms with van der Waals surface area (Å²) in [4.78, 5) is 18.4. The smallest absolute Gasteiger partial charge is 0.283 e. The number of sulfonamides is 1. The van der Waals surface area contributed by atoms with Crippen LogP contribution in [0.2, 0.25) is 5.02 Å². The number of hydrogen-bond donors (Lipinski definition) is 1. The van der Waals surface area contributed by atoms with Crippen molar-refractivity contribution in [3.05, 3.63) is 53.7 Å². The van der Waals surface area contributed by atoms with Gasteiger partial charge in [-0.1, -0.05) is 29.8 Å². The van der Waals surface area contributed by atoms with E-state index in [1.807, 2.05) is 37.3 Å². The molecule has 3 rings (SSSR count). The molecule has 0 unspecified atom stereocenters. The zero-order chi connectivity index (χ0) is 18.0. The van der Waals surface area contributed by atoms with Crippen LogP contribution in [0.3, 0.4) is 0 Å². The van der Waals surface area contributed by atoms with Gasteiger partial charge in [0.1, 0.15) is 0 Å². The van der Waals surface area contributed by atoms with Crippen LogP contribution in [-0.4, -0.2) is 31.9 Å². The Bertz CT molecular complexity index is 874. The number of carbonyl (C=O) groups is 1. The van der Waals surface area contributed by atoms with E-state index in [9.17, 15) is 13.2 Å². The first-order valence-electron chi connectivity index (χ1n) is 7.89. The molecule has 1 aliphatic heterocycles. The van der Waals surface area contributed by atoms with E-state index in [0.717, 1.165) is 5.69 Å². The topological polar surface area (TPSA) is 79.4 Å². The van der Waals surface area contributed by atoms with Gasteiger partial charge >= 0.3 is 0 Å². The molecular weight excluding hydrogens is 362 g/mol. The maximum Gasteiger partial charge on any atom is 0.283 e. The van der Waals surface area contributed by atoms with E-state index in [0.29, 0.717) is 13.0 Å². The van der Waals surface area contributed by atoms with Gasteiger partial charge in [-0.15, -0.1) is 0 Å². The number of para-hydroxylation sites is 1. The number of rotatable bonds is 4. The number of carbonyl (C=O) groups excluding carboxylic acids is 1. The number of anilines is 1. The largest absolute Gasteiger partial charge is 0.368 e. The van der Waals surface area contributed by atoms with Gasteiger partial charge in [0.2, 0.25) is 5.91 Å². The number of amides is 1. The lowest BCUT2D eigenvalue weighted by molar-refractivity contribution is -0.123. The van der Waals surface area contributed by atoms with Crippen LogP contribution in [-0.2, 0) is 14.8 Å². The minimum absolute atomic E-state index is 0.0202. The zero-order valence-electron chi connectivity index (χ0n) is 13.6. The molecule has 1 aromatic heterocycles. The SMILES string of the molecule is C[C@@H]1[C@H](C(=O)NS(=O)(=O)c2ncccc2Cl)CCN1c1ccccc1. The van der Waals surface area contributed by atoms with E-state index >= 15 is 0 Å².